The second-order valence-corrected chi connectivity index (χ2v) is 7.09. The van der Waals surface area contributed by atoms with E-state index in [4.69, 9.17) is 16.2 Å². The number of nitrogens with zero attached hydrogens (tertiary/aromatic N) is 4. The van der Waals surface area contributed by atoms with E-state index in [0.717, 1.165) is 6.07 Å². The Hall–Kier alpha value is -4.68. The van der Waals surface area contributed by atoms with E-state index in [0.29, 0.717) is 17.7 Å². The molecule has 0 saturated carbocycles. The van der Waals surface area contributed by atoms with Crippen LogP contribution >= 0.6 is 0 Å². The topological polar surface area (TPSA) is 199 Å². The maximum atomic E-state index is 12.6. The molecule has 0 fully saturated rings. The minimum atomic E-state index is -1.20. The lowest BCUT2D eigenvalue weighted by atomic mass is 10.2. The van der Waals surface area contributed by atoms with Gasteiger partial charge in [-0.25, -0.2) is 19.8 Å². The number of rotatable bonds is 10. The molecule has 3 heterocycles. The predicted octanol–water partition coefficient (Wildman–Crippen LogP) is -0.227. The molecule has 2 unspecified atom stereocenters. The first-order valence-corrected chi connectivity index (χ1v) is 10.2. The predicted molar refractivity (Wildman–Crippen MR) is 124 cm³/mol. The van der Waals surface area contributed by atoms with Crippen LogP contribution in [0.3, 0.4) is 0 Å². The number of guanidine groups is 1. The lowest BCUT2D eigenvalue weighted by Gasteiger charge is -2.16. The van der Waals surface area contributed by atoms with Gasteiger partial charge in [-0.2, -0.15) is 0 Å². The Morgan fingerprint density at radius 2 is 1.97 bits per heavy atom. The van der Waals surface area contributed by atoms with E-state index >= 15 is 0 Å². The van der Waals surface area contributed by atoms with Gasteiger partial charge in [-0.05, 0) is 24.3 Å². The minimum absolute atomic E-state index is 0.0747. The fraction of sp³-hybridized carbons (Fsp3) is 0.238. The number of hydrogen-bond donors (Lipinski definition) is 5. The maximum Gasteiger partial charge on any atom is 0.328 e. The van der Waals surface area contributed by atoms with Gasteiger partial charge in [-0.15, -0.1) is 0 Å². The van der Waals surface area contributed by atoms with Crippen LogP contribution in [0, 0.1) is 0 Å². The summed E-state index contributed by atoms with van der Waals surface area (Å²) in [7, 11) is 0. The van der Waals surface area contributed by atoms with Gasteiger partial charge in [0, 0.05) is 42.5 Å². The van der Waals surface area contributed by atoms with Crippen LogP contribution in [0.2, 0.25) is 0 Å². The van der Waals surface area contributed by atoms with Crippen LogP contribution in [0.25, 0.3) is 5.52 Å². The van der Waals surface area contributed by atoms with Gasteiger partial charge in [-0.1, -0.05) is 6.92 Å². The standard InChI is InChI=1S/C21H24N8O5/c1-2-16(28-20(22)23)34-14-5-4-13-8-12(9-17(30)29(13)11-14)18(31)26-10-15(19(32)33)27-21-24-6-3-7-25-21/h3-9,11,15-16H,2,10H2,1H3,(H,26,31)(H,32,33)(H4,22,23,28)(H,24,25,27). The van der Waals surface area contributed by atoms with Gasteiger partial charge >= 0.3 is 5.97 Å². The van der Waals surface area contributed by atoms with Gasteiger partial charge in [0.05, 0.1) is 6.20 Å². The molecular formula is C21H24N8O5. The number of anilines is 1. The molecule has 13 nitrogen and oxygen atoms in total. The zero-order valence-corrected chi connectivity index (χ0v) is 18.2. The summed E-state index contributed by atoms with van der Waals surface area (Å²) in [4.78, 5) is 48.5. The highest BCUT2D eigenvalue weighted by Crippen LogP contribution is 2.16. The first-order valence-electron chi connectivity index (χ1n) is 10.2. The van der Waals surface area contributed by atoms with Crippen LogP contribution in [0.4, 0.5) is 5.95 Å². The summed E-state index contributed by atoms with van der Waals surface area (Å²) < 4.78 is 7.00. The number of hydrogen-bond acceptors (Lipinski definition) is 8. The molecule has 0 bridgehead atoms. The Balaban J connectivity index is 1.74. The number of aromatic nitrogens is 3. The molecule has 178 valence electrons. The molecule has 3 aromatic rings. The van der Waals surface area contributed by atoms with E-state index in [2.05, 4.69) is 25.6 Å². The van der Waals surface area contributed by atoms with Crippen LogP contribution in [0.1, 0.15) is 23.7 Å². The summed E-state index contributed by atoms with van der Waals surface area (Å²) in [6, 6.07) is 6.27. The molecule has 0 saturated heterocycles. The van der Waals surface area contributed by atoms with E-state index in [9.17, 15) is 19.5 Å². The van der Waals surface area contributed by atoms with Crippen molar-refractivity contribution in [2.24, 2.45) is 16.5 Å². The number of nitrogens with two attached hydrogens (primary N) is 2. The van der Waals surface area contributed by atoms with Crippen molar-refractivity contribution in [2.45, 2.75) is 25.6 Å². The molecule has 0 aliphatic rings. The Morgan fingerprint density at radius 1 is 1.24 bits per heavy atom. The number of carbonyl (C=O) groups excluding carboxylic acids is 1. The summed E-state index contributed by atoms with van der Waals surface area (Å²) in [5, 5.41) is 14.5. The smallest absolute Gasteiger partial charge is 0.328 e. The molecule has 1 amide bonds. The number of carboxylic acid groups (broad SMARTS) is 1. The van der Waals surface area contributed by atoms with Crippen LogP contribution in [0.15, 0.2) is 58.7 Å². The molecule has 7 N–H and O–H groups in total. The second-order valence-electron chi connectivity index (χ2n) is 7.09. The van der Waals surface area contributed by atoms with Gasteiger partial charge in [0.25, 0.3) is 11.5 Å². The van der Waals surface area contributed by atoms with E-state index in [-0.39, 0.29) is 24.0 Å². The van der Waals surface area contributed by atoms with Crippen LogP contribution < -0.4 is 32.4 Å². The van der Waals surface area contributed by atoms with Crippen molar-refractivity contribution in [1.29, 1.82) is 0 Å². The summed E-state index contributed by atoms with van der Waals surface area (Å²) in [6.45, 7) is 1.58. The van der Waals surface area contributed by atoms with Gasteiger partial charge in [-0.3, -0.25) is 14.0 Å². The van der Waals surface area contributed by atoms with Gasteiger partial charge in [0.2, 0.25) is 5.95 Å². The van der Waals surface area contributed by atoms with Crippen molar-refractivity contribution in [2.75, 3.05) is 11.9 Å². The molecule has 3 rings (SSSR count). The number of fused-ring (bicyclic) bond motifs is 1. The van der Waals surface area contributed by atoms with E-state index < -0.39 is 29.7 Å². The van der Waals surface area contributed by atoms with E-state index in [1.165, 1.54) is 29.1 Å². The molecule has 13 heteroatoms. The fourth-order valence-corrected chi connectivity index (χ4v) is 2.96. The quantitative estimate of drug-likeness (QED) is 0.196. The molecule has 0 aliphatic heterocycles. The number of aliphatic imine (C=N–C) groups is 1. The Labute approximate surface area is 193 Å². The number of pyridine rings is 2. The molecule has 0 aliphatic carbocycles. The van der Waals surface area contributed by atoms with Crippen molar-refractivity contribution in [3.8, 4) is 5.75 Å². The zero-order chi connectivity index (χ0) is 24.7. The fourth-order valence-electron chi connectivity index (χ4n) is 2.96. The van der Waals surface area contributed by atoms with E-state index in [1.54, 1.807) is 18.2 Å². The molecular weight excluding hydrogens is 444 g/mol. The summed E-state index contributed by atoms with van der Waals surface area (Å²) in [5.74, 6) is -1.46. The largest absolute Gasteiger partial charge is 0.480 e. The van der Waals surface area contributed by atoms with Gasteiger partial charge in [0.15, 0.2) is 12.2 Å². The lowest BCUT2D eigenvalue weighted by Crippen LogP contribution is -2.42. The highest BCUT2D eigenvalue weighted by molar-refractivity contribution is 5.95. The first-order chi connectivity index (χ1) is 16.3. The Morgan fingerprint density at radius 3 is 2.62 bits per heavy atom. The third kappa shape index (κ3) is 6.18. The number of carboxylic acids is 1. The number of nitrogens with one attached hydrogen (secondary N) is 2. The minimum Gasteiger partial charge on any atom is -0.480 e. The zero-order valence-electron chi connectivity index (χ0n) is 18.2. The molecule has 34 heavy (non-hydrogen) atoms. The number of ether oxygens (including phenoxy) is 1. The van der Waals surface area contributed by atoms with E-state index in [1.807, 2.05) is 6.92 Å². The third-order valence-electron chi connectivity index (χ3n) is 4.58. The Bertz CT molecular complexity index is 1260. The molecule has 0 aromatic carbocycles. The average Bonchev–Trinajstić information content (AvgIpc) is 2.81. The second kappa shape index (κ2) is 10.8. The molecule has 0 radical (unpaired) electrons. The number of aliphatic carboxylic acids is 1. The molecule has 0 spiro atoms. The monoisotopic (exact) mass is 468 g/mol. The SMILES string of the molecule is CCC(N=C(N)N)Oc1ccc2cc(C(=O)NCC(Nc3ncccn3)C(=O)O)cc(=O)n2c1. The summed E-state index contributed by atoms with van der Waals surface area (Å²) >= 11 is 0. The van der Waals surface area contributed by atoms with Crippen LogP contribution in [0.5, 0.6) is 5.75 Å². The van der Waals surface area contributed by atoms with Gasteiger partial charge in [0.1, 0.15) is 11.8 Å². The third-order valence-corrected chi connectivity index (χ3v) is 4.58. The highest BCUT2D eigenvalue weighted by atomic mass is 16.5. The van der Waals surface area contributed by atoms with Crippen molar-refractivity contribution in [3.05, 3.63) is 64.8 Å². The van der Waals surface area contributed by atoms with Gasteiger partial charge < -0.3 is 31.9 Å². The number of carbonyl (C=O) groups is 2. The Kier molecular flexibility index (Phi) is 7.59. The normalized spacial score (nSPS) is 12.4. The van der Waals surface area contributed by atoms with Crippen molar-refractivity contribution in [3.63, 3.8) is 0 Å². The van der Waals surface area contributed by atoms with Crippen LogP contribution in [-0.2, 0) is 4.79 Å². The maximum absolute atomic E-state index is 12.6. The first kappa shape index (κ1) is 24.0. The van der Waals surface area contributed by atoms with Crippen molar-refractivity contribution >= 4 is 29.3 Å². The van der Waals surface area contributed by atoms with Crippen molar-refractivity contribution < 1.29 is 19.4 Å². The summed E-state index contributed by atoms with van der Waals surface area (Å²) in [6.07, 6.45) is 4.27. The molecule has 3 aromatic heterocycles. The molecule has 2 atom stereocenters. The van der Waals surface area contributed by atoms with Crippen LogP contribution in [-0.4, -0.2) is 56.1 Å². The average molecular weight is 468 g/mol. The van der Waals surface area contributed by atoms with Crippen molar-refractivity contribution in [1.82, 2.24) is 19.7 Å². The lowest BCUT2D eigenvalue weighted by molar-refractivity contribution is -0.137. The number of amides is 1. The highest BCUT2D eigenvalue weighted by Gasteiger charge is 2.20. The summed E-state index contributed by atoms with van der Waals surface area (Å²) in [5.41, 5.74) is 10.8.